The molecule has 0 saturated heterocycles. The average Bonchev–Trinajstić information content (AvgIpc) is 2.77. The molecule has 0 fully saturated rings. The third kappa shape index (κ3) is 2.72. The fraction of sp³-hybridized carbons (Fsp3) is 0.133. The Balaban J connectivity index is 2.14. The smallest absolute Gasteiger partial charge is 0.340 e. The molecule has 0 aliphatic rings. The molecule has 0 aliphatic carbocycles. The number of anilines is 1. The monoisotopic (exact) mass is 335 g/mol. The first-order valence-electron chi connectivity index (χ1n) is 6.76. The van der Waals surface area contributed by atoms with Crippen LogP contribution in [0.3, 0.4) is 0 Å². The first-order chi connectivity index (χ1) is 10.8. The van der Waals surface area contributed by atoms with Crippen molar-refractivity contribution in [2.24, 2.45) is 0 Å². The second-order valence-corrected chi connectivity index (χ2v) is 7.12. The first kappa shape index (κ1) is 15.3. The number of nitrogens with two attached hydrogens (primary N) is 1. The van der Waals surface area contributed by atoms with Crippen molar-refractivity contribution >= 4 is 26.7 Å². The van der Waals surface area contributed by atoms with Gasteiger partial charge in [-0.15, -0.1) is 0 Å². The Hall–Kier alpha value is -2.61. The molecule has 6 nitrogen and oxygen atoms in total. The summed E-state index contributed by atoms with van der Waals surface area (Å²) in [6.07, 6.45) is 0. The van der Waals surface area contributed by atoms with Crippen molar-refractivity contribution in [3.05, 3.63) is 63.8 Å². The van der Waals surface area contributed by atoms with Crippen LogP contribution in [0.15, 0.2) is 41.2 Å². The number of hydrogen-bond acceptors (Lipinski definition) is 4. The number of halogens is 1. The van der Waals surface area contributed by atoms with E-state index in [1.807, 2.05) is 0 Å². The van der Waals surface area contributed by atoms with E-state index in [0.29, 0.717) is 20.7 Å². The van der Waals surface area contributed by atoms with E-state index in [9.17, 15) is 17.6 Å². The van der Waals surface area contributed by atoms with E-state index in [1.165, 1.54) is 30.3 Å². The van der Waals surface area contributed by atoms with Gasteiger partial charge in [0.1, 0.15) is 5.82 Å². The maximum atomic E-state index is 12.9. The van der Waals surface area contributed by atoms with Crippen molar-refractivity contribution in [3.8, 4) is 0 Å². The minimum absolute atomic E-state index is 0.195. The topological polar surface area (TPSA) is 98.0 Å². The summed E-state index contributed by atoms with van der Waals surface area (Å²) in [5.74, 6) is -0.882. The zero-order chi connectivity index (χ0) is 16.8. The van der Waals surface area contributed by atoms with Crippen LogP contribution in [0.25, 0.3) is 11.0 Å². The number of rotatable bonds is 3. The predicted molar refractivity (Wildman–Crippen MR) is 86.1 cm³/mol. The van der Waals surface area contributed by atoms with Gasteiger partial charge in [0.15, 0.2) is 0 Å². The molecular weight excluding hydrogens is 321 g/mol. The van der Waals surface area contributed by atoms with Gasteiger partial charge in [-0.05, 0) is 42.3 Å². The van der Waals surface area contributed by atoms with Gasteiger partial charge in [-0.25, -0.2) is 17.6 Å². The molecule has 2 aromatic carbocycles. The Morgan fingerprint density at radius 2 is 1.87 bits per heavy atom. The average molecular weight is 335 g/mol. The molecule has 1 aromatic heterocycles. The number of aromatic amines is 1. The summed E-state index contributed by atoms with van der Waals surface area (Å²) in [5, 5.41) is 0. The molecule has 3 N–H and O–H groups in total. The molecule has 120 valence electrons. The fourth-order valence-electron chi connectivity index (χ4n) is 2.39. The number of nitrogen functional groups attached to an aromatic ring is 1. The molecule has 3 aromatic rings. The van der Waals surface area contributed by atoms with Crippen molar-refractivity contribution < 1.29 is 12.8 Å². The predicted octanol–water partition coefficient (Wildman–Crippen LogP) is 1.74. The lowest BCUT2D eigenvalue weighted by Crippen LogP contribution is -2.26. The van der Waals surface area contributed by atoms with Crippen molar-refractivity contribution in [1.29, 1.82) is 0 Å². The van der Waals surface area contributed by atoms with Gasteiger partial charge in [0.25, 0.3) is 0 Å². The zero-order valence-electron chi connectivity index (χ0n) is 12.2. The molecule has 3 rings (SSSR count). The van der Waals surface area contributed by atoms with Gasteiger partial charge in [-0.1, -0.05) is 12.1 Å². The van der Waals surface area contributed by atoms with Crippen molar-refractivity contribution in [2.45, 2.75) is 12.7 Å². The summed E-state index contributed by atoms with van der Waals surface area (Å²) in [6, 6.07) is 8.14. The number of hydrogen-bond donors (Lipinski definition) is 2. The molecule has 8 heteroatoms. The van der Waals surface area contributed by atoms with Gasteiger partial charge < -0.3 is 10.7 Å². The van der Waals surface area contributed by atoms with Gasteiger partial charge in [0.05, 0.1) is 16.8 Å². The molecule has 0 atom stereocenters. The number of nitrogens with zero attached hydrogens (tertiary/aromatic N) is 1. The second-order valence-electron chi connectivity index (χ2n) is 5.30. The van der Waals surface area contributed by atoms with Gasteiger partial charge in [-0.2, -0.15) is 3.97 Å². The van der Waals surface area contributed by atoms with Crippen LogP contribution in [0.4, 0.5) is 10.1 Å². The van der Waals surface area contributed by atoms with Crippen LogP contribution in [0.5, 0.6) is 0 Å². The largest absolute Gasteiger partial charge is 0.398 e. The van der Waals surface area contributed by atoms with Gasteiger partial charge in [0.2, 0.25) is 10.0 Å². The maximum absolute atomic E-state index is 12.9. The summed E-state index contributed by atoms with van der Waals surface area (Å²) in [4.78, 5) is 14.6. The van der Waals surface area contributed by atoms with Crippen LogP contribution >= 0.6 is 0 Å². The van der Waals surface area contributed by atoms with E-state index < -0.39 is 27.3 Å². The number of benzene rings is 2. The number of fused-ring (bicyclic) bond motifs is 1. The van der Waals surface area contributed by atoms with E-state index in [4.69, 9.17) is 5.73 Å². The lowest BCUT2D eigenvalue weighted by molar-refractivity contribution is 0.586. The third-order valence-electron chi connectivity index (χ3n) is 3.57. The highest BCUT2D eigenvalue weighted by atomic mass is 32.2. The summed E-state index contributed by atoms with van der Waals surface area (Å²) >= 11 is 0. The molecule has 0 spiro atoms. The Morgan fingerprint density at radius 1 is 1.22 bits per heavy atom. The summed E-state index contributed by atoms with van der Waals surface area (Å²) < 4.78 is 38.8. The van der Waals surface area contributed by atoms with E-state index in [1.54, 1.807) is 13.0 Å². The summed E-state index contributed by atoms with van der Waals surface area (Å²) in [6.45, 7) is 1.76. The minimum Gasteiger partial charge on any atom is -0.398 e. The number of imidazole rings is 1. The fourth-order valence-corrected chi connectivity index (χ4v) is 3.88. The molecule has 0 amide bonds. The summed E-state index contributed by atoms with van der Waals surface area (Å²) in [7, 11) is -3.97. The Morgan fingerprint density at radius 3 is 2.52 bits per heavy atom. The molecule has 1 heterocycles. The van der Waals surface area contributed by atoms with Gasteiger partial charge >= 0.3 is 5.69 Å². The van der Waals surface area contributed by atoms with E-state index in [0.717, 1.165) is 5.56 Å². The van der Waals surface area contributed by atoms with E-state index in [-0.39, 0.29) is 5.52 Å². The maximum Gasteiger partial charge on any atom is 0.340 e. The number of H-pyrrole nitrogens is 1. The van der Waals surface area contributed by atoms with Crippen LogP contribution in [-0.4, -0.2) is 17.4 Å². The van der Waals surface area contributed by atoms with Crippen LogP contribution in [-0.2, 0) is 15.8 Å². The molecule has 0 bridgehead atoms. The van der Waals surface area contributed by atoms with Crippen molar-refractivity contribution in [2.75, 3.05) is 5.73 Å². The second kappa shape index (κ2) is 5.24. The molecule has 23 heavy (non-hydrogen) atoms. The zero-order valence-corrected chi connectivity index (χ0v) is 13.0. The highest BCUT2D eigenvalue weighted by molar-refractivity contribution is 7.89. The minimum atomic E-state index is -3.97. The quantitative estimate of drug-likeness (QED) is 0.712. The van der Waals surface area contributed by atoms with Gasteiger partial charge in [-0.3, -0.25) is 0 Å². The van der Waals surface area contributed by atoms with Crippen molar-refractivity contribution in [3.63, 3.8) is 0 Å². The van der Waals surface area contributed by atoms with E-state index in [2.05, 4.69) is 4.98 Å². The molecule has 0 saturated carbocycles. The summed E-state index contributed by atoms with van der Waals surface area (Å²) in [5.41, 5.74) is 7.15. The van der Waals surface area contributed by atoms with Crippen LogP contribution in [0.1, 0.15) is 11.1 Å². The standard InChI is InChI=1S/C15H14FN3O3S/c1-9-6-13-14(7-12(9)17)19(15(20)18-13)23(21,22)8-10-2-4-11(16)5-3-10/h2-7H,8,17H2,1H3,(H,18,20). The Kier molecular flexibility index (Phi) is 3.48. The number of aryl methyl sites for hydroxylation is 1. The Labute approximate surface area is 131 Å². The molecule has 0 unspecified atom stereocenters. The van der Waals surface area contributed by atoms with Gasteiger partial charge in [0, 0.05) is 5.69 Å². The normalized spacial score (nSPS) is 11.9. The van der Waals surface area contributed by atoms with E-state index >= 15 is 0 Å². The molecular formula is C15H14FN3O3S. The number of nitrogens with one attached hydrogen (secondary N) is 1. The van der Waals surface area contributed by atoms with Crippen LogP contribution in [0.2, 0.25) is 0 Å². The third-order valence-corrected chi connectivity index (χ3v) is 5.19. The molecule has 0 radical (unpaired) electrons. The lowest BCUT2D eigenvalue weighted by atomic mass is 10.2. The van der Waals surface area contributed by atoms with Crippen LogP contribution in [0, 0.1) is 12.7 Å². The van der Waals surface area contributed by atoms with Crippen molar-refractivity contribution in [1.82, 2.24) is 8.96 Å². The highest BCUT2D eigenvalue weighted by Crippen LogP contribution is 2.21. The molecule has 0 aliphatic heterocycles. The Bertz CT molecular complexity index is 1050. The first-order valence-corrected chi connectivity index (χ1v) is 8.37. The SMILES string of the molecule is Cc1cc2[nH]c(=O)n(S(=O)(=O)Cc3ccc(F)cc3)c2cc1N. The highest BCUT2D eigenvalue weighted by Gasteiger charge is 2.21. The van der Waals surface area contributed by atoms with Crippen LogP contribution < -0.4 is 11.4 Å². The number of aromatic nitrogens is 2. The lowest BCUT2D eigenvalue weighted by Gasteiger charge is -2.07.